The van der Waals surface area contributed by atoms with E-state index in [1.54, 1.807) is 0 Å². The highest BCUT2D eigenvalue weighted by Crippen LogP contribution is 2.17. The Morgan fingerprint density at radius 2 is 1.90 bits per heavy atom. The van der Waals surface area contributed by atoms with Crippen molar-refractivity contribution in [2.24, 2.45) is 5.73 Å². The van der Waals surface area contributed by atoms with Gasteiger partial charge in [-0.3, -0.25) is 0 Å². The minimum atomic E-state index is -0.500. The molecule has 5 heteroatoms. The third-order valence-corrected chi connectivity index (χ3v) is 3.29. The van der Waals surface area contributed by atoms with E-state index in [1.807, 2.05) is 31.3 Å². The first-order valence-corrected chi connectivity index (χ1v) is 7.45. The topological polar surface area (TPSA) is 62.0 Å². The van der Waals surface area contributed by atoms with E-state index >= 15 is 0 Å². The van der Waals surface area contributed by atoms with Crippen molar-refractivity contribution >= 4 is 0 Å². The Kier molecular flexibility index (Phi) is 8.30. The Labute approximate surface area is 128 Å². The number of likely N-dealkylation sites (N-methyl/N-ethyl adjacent to an activating group) is 1. The molecule has 5 nitrogen and oxygen atoms in total. The van der Waals surface area contributed by atoms with Gasteiger partial charge in [0.2, 0.25) is 0 Å². The van der Waals surface area contributed by atoms with Crippen LogP contribution < -0.4 is 10.5 Å². The molecule has 0 saturated carbocycles. The molecule has 1 rings (SSSR count). The van der Waals surface area contributed by atoms with Gasteiger partial charge < -0.3 is 25.4 Å². The molecule has 0 saturated heterocycles. The van der Waals surface area contributed by atoms with Crippen LogP contribution in [-0.4, -0.2) is 68.4 Å². The number of aliphatic hydroxyl groups is 1. The van der Waals surface area contributed by atoms with Gasteiger partial charge in [0.25, 0.3) is 0 Å². The third kappa shape index (κ3) is 7.43. The average Bonchev–Trinajstić information content (AvgIpc) is 2.45. The molecule has 0 aromatic heterocycles. The van der Waals surface area contributed by atoms with Gasteiger partial charge in [0.1, 0.15) is 18.5 Å². The Bertz CT molecular complexity index is 399. The number of ether oxygens (including phenoxy) is 1. The maximum Gasteiger partial charge on any atom is 0.123 e. The molecule has 3 N–H and O–H groups in total. The summed E-state index contributed by atoms with van der Waals surface area (Å²) in [5.41, 5.74) is 6.62. The van der Waals surface area contributed by atoms with Gasteiger partial charge in [-0.05, 0) is 46.7 Å². The van der Waals surface area contributed by atoms with Crippen molar-refractivity contribution in [1.29, 1.82) is 0 Å². The van der Waals surface area contributed by atoms with Crippen molar-refractivity contribution in [3.8, 4) is 5.75 Å². The number of aliphatic hydroxyl groups excluding tert-OH is 1. The van der Waals surface area contributed by atoms with Gasteiger partial charge in [-0.25, -0.2) is 0 Å². The molecule has 21 heavy (non-hydrogen) atoms. The second-order valence-electron chi connectivity index (χ2n) is 5.70. The number of benzene rings is 1. The lowest BCUT2D eigenvalue weighted by Gasteiger charge is -2.22. The van der Waals surface area contributed by atoms with Crippen molar-refractivity contribution < 1.29 is 9.84 Å². The smallest absolute Gasteiger partial charge is 0.123 e. The van der Waals surface area contributed by atoms with Crippen LogP contribution in [0.2, 0.25) is 0 Å². The number of hydrogen-bond acceptors (Lipinski definition) is 5. The predicted octanol–water partition coefficient (Wildman–Crippen LogP) is 0.768. The van der Waals surface area contributed by atoms with Crippen LogP contribution in [-0.2, 0) is 6.54 Å². The van der Waals surface area contributed by atoms with Crippen LogP contribution in [0, 0.1) is 0 Å². The van der Waals surface area contributed by atoms with Gasteiger partial charge in [0.15, 0.2) is 0 Å². The predicted molar refractivity (Wildman–Crippen MR) is 86.5 cm³/mol. The second-order valence-corrected chi connectivity index (χ2v) is 5.70. The molecule has 0 aliphatic carbocycles. The fourth-order valence-electron chi connectivity index (χ4n) is 2.16. The van der Waals surface area contributed by atoms with Gasteiger partial charge in [-0.1, -0.05) is 18.2 Å². The van der Waals surface area contributed by atoms with Gasteiger partial charge in [-0.2, -0.15) is 0 Å². The lowest BCUT2D eigenvalue weighted by molar-refractivity contribution is 0.0751. The van der Waals surface area contributed by atoms with E-state index in [0.717, 1.165) is 30.8 Å². The summed E-state index contributed by atoms with van der Waals surface area (Å²) in [6, 6.07) is 7.67. The molecule has 1 atom stereocenters. The normalized spacial score (nSPS) is 12.9. The third-order valence-electron chi connectivity index (χ3n) is 3.29. The van der Waals surface area contributed by atoms with Crippen LogP contribution in [0.25, 0.3) is 0 Å². The number of nitrogens with zero attached hydrogens (tertiary/aromatic N) is 2. The molecular formula is C16H29N3O2. The van der Waals surface area contributed by atoms with Crippen LogP contribution >= 0.6 is 0 Å². The molecule has 1 aromatic rings. The molecule has 0 amide bonds. The van der Waals surface area contributed by atoms with Gasteiger partial charge in [-0.15, -0.1) is 0 Å². The summed E-state index contributed by atoms with van der Waals surface area (Å²) < 4.78 is 5.67. The Morgan fingerprint density at radius 1 is 1.19 bits per heavy atom. The molecule has 0 heterocycles. The minimum Gasteiger partial charge on any atom is -0.491 e. The van der Waals surface area contributed by atoms with E-state index in [2.05, 4.69) is 23.9 Å². The van der Waals surface area contributed by atoms with Crippen molar-refractivity contribution in [2.75, 3.05) is 47.4 Å². The maximum absolute atomic E-state index is 10.0. The van der Waals surface area contributed by atoms with Crippen LogP contribution in [0.5, 0.6) is 5.75 Å². The summed E-state index contributed by atoms with van der Waals surface area (Å²) in [4.78, 5) is 4.30. The zero-order valence-corrected chi connectivity index (χ0v) is 13.5. The first-order chi connectivity index (χ1) is 10.0. The fraction of sp³-hybridized carbons (Fsp3) is 0.625. The van der Waals surface area contributed by atoms with E-state index in [0.29, 0.717) is 13.1 Å². The van der Waals surface area contributed by atoms with Gasteiger partial charge in [0.05, 0.1) is 0 Å². The second kappa shape index (κ2) is 9.73. The van der Waals surface area contributed by atoms with Gasteiger partial charge in [0, 0.05) is 18.7 Å². The highest BCUT2D eigenvalue weighted by Gasteiger charge is 2.10. The average molecular weight is 295 g/mol. The maximum atomic E-state index is 10.0. The molecule has 0 fully saturated rings. The van der Waals surface area contributed by atoms with E-state index < -0.39 is 6.10 Å². The largest absolute Gasteiger partial charge is 0.491 e. The summed E-state index contributed by atoms with van der Waals surface area (Å²) in [5.74, 6) is 0.759. The molecule has 120 valence electrons. The Hall–Kier alpha value is -1.14. The van der Waals surface area contributed by atoms with E-state index in [1.165, 1.54) is 0 Å². The molecule has 0 radical (unpaired) electrons. The summed E-state index contributed by atoms with van der Waals surface area (Å²) in [7, 11) is 6.15. The summed E-state index contributed by atoms with van der Waals surface area (Å²) >= 11 is 0. The summed E-state index contributed by atoms with van der Waals surface area (Å²) in [6.07, 6.45) is 0.591. The zero-order valence-electron chi connectivity index (χ0n) is 13.5. The van der Waals surface area contributed by atoms with Crippen molar-refractivity contribution in [1.82, 2.24) is 9.80 Å². The zero-order chi connectivity index (χ0) is 15.7. The quantitative estimate of drug-likeness (QED) is 0.667. The van der Waals surface area contributed by atoms with Crippen molar-refractivity contribution in [3.05, 3.63) is 29.8 Å². The number of hydrogen-bond donors (Lipinski definition) is 2. The van der Waals surface area contributed by atoms with Crippen LogP contribution in [0.4, 0.5) is 0 Å². The number of para-hydroxylation sites is 1. The van der Waals surface area contributed by atoms with E-state index in [-0.39, 0.29) is 6.61 Å². The van der Waals surface area contributed by atoms with Crippen molar-refractivity contribution in [3.63, 3.8) is 0 Å². The molecule has 0 bridgehead atoms. The first kappa shape index (κ1) is 17.9. The van der Waals surface area contributed by atoms with Crippen LogP contribution in [0.15, 0.2) is 24.3 Å². The summed E-state index contributed by atoms with van der Waals surface area (Å²) in [5, 5.41) is 10.0. The fourth-order valence-corrected chi connectivity index (χ4v) is 2.16. The highest BCUT2D eigenvalue weighted by molar-refractivity contribution is 5.32. The monoisotopic (exact) mass is 295 g/mol. The molecule has 0 aliphatic heterocycles. The van der Waals surface area contributed by atoms with E-state index in [9.17, 15) is 5.11 Å². The molecular weight excluding hydrogens is 266 g/mol. The Morgan fingerprint density at radius 3 is 2.57 bits per heavy atom. The standard InChI is InChI=1S/C16H29N3O2/c1-18(2)9-6-10-19(3)12-15(20)13-21-16-8-5-4-7-14(16)11-17/h4-5,7-8,15,20H,6,9-13,17H2,1-3H3. The lowest BCUT2D eigenvalue weighted by atomic mass is 10.2. The first-order valence-electron chi connectivity index (χ1n) is 7.45. The van der Waals surface area contributed by atoms with Crippen LogP contribution in [0.3, 0.4) is 0 Å². The molecule has 0 spiro atoms. The summed E-state index contributed by atoms with van der Waals surface area (Å²) in [6.45, 7) is 3.36. The minimum absolute atomic E-state index is 0.287. The molecule has 0 aliphatic rings. The molecule has 1 aromatic carbocycles. The molecule has 1 unspecified atom stereocenters. The van der Waals surface area contributed by atoms with E-state index in [4.69, 9.17) is 10.5 Å². The van der Waals surface area contributed by atoms with Gasteiger partial charge >= 0.3 is 0 Å². The number of rotatable bonds is 10. The highest BCUT2D eigenvalue weighted by atomic mass is 16.5. The SMILES string of the molecule is CN(C)CCCN(C)CC(O)COc1ccccc1CN. The van der Waals surface area contributed by atoms with Crippen LogP contribution in [0.1, 0.15) is 12.0 Å². The number of nitrogens with two attached hydrogens (primary N) is 1. The van der Waals surface area contributed by atoms with Crippen molar-refractivity contribution in [2.45, 2.75) is 19.1 Å². The Balaban J connectivity index is 2.28. The lowest BCUT2D eigenvalue weighted by Crippen LogP contribution is -2.34.